The first-order valence-corrected chi connectivity index (χ1v) is 12.3. The van der Waals surface area contributed by atoms with Crippen LogP contribution in [0.1, 0.15) is 18.1 Å². The van der Waals surface area contributed by atoms with Gasteiger partial charge in [-0.25, -0.2) is 4.79 Å². The molecule has 6 nitrogen and oxygen atoms in total. The van der Waals surface area contributed by atoms with Gasteiger partial charge in [0.25, 0.3) is 0 Å². The number of carboxylic acid groups (broad SMARTS) is 1. The van der Waals surface area contributed by atoms with Gasteiger partial charge < -0.3 is 24.1 Å². The predicted molar refractivity (Wildman–Crippen MR) is 137 cm³/mol. The molecule has 0 heterocycles. The molecule has 0 fully saturated rings. The highest BCUT2D eigenvalue weighted by Crippen LogP contribution is 2.27. The summed E-state index contributed by atoms with van der Waals surface area (Å²) in [5.74, 6) is 4.01. The number of alkyl halides is 6. The Bertz CT molecular complexity index is 1160. The first-order valence-electron chi connectivity index (χ1n) is 11.2. The zero-order valence-corrected chi connectivity index (χ0v) is 22.5. The summed E-state index contributed by atoms with van der Waals surface area (Å²) in [6.07, 6.45) is -7.08. The molecule has 13 heteroatoms. The van der Waals surface area contributed by atoms with E-state index < -0.39 is 37.6 Å². The van der Waals surface area contributed by atoms with Crippen molar-refractivity contribution in [2.45, 2.75) is 31.8 Å². The van der Waals surface area contributed by atoms with Gasteiger partial charge in [0.1, 0.15) is 23.9 Å². The Hall–Kier alpha value is -3.12. The molecule has 0 spiro atoms. The lowest BCUT2D eigenvalue weighted by atomic mass is 10.1. The molecule has 0 radical (unpaired) electrons. The van der Waals surface area contributed by atoms with E-state index in [0.29, 0.717) is 5.75 Å². The summed E-state index contributed by atoms with van der Waals surface area (Å²) in [5.41, 5.74) is 0.836. The van der Waals surface area contributed by atoms with Crippen LogP contribution in [0.4, 0.5) is 26.3 Å². The summed E-state index contributed by atoms with van der Waals surface area (Å²) in [4.78, 5) is 11.3. The standard InChI is InChI=1S/C26H23F6IO6/c1-2-36-23(24(34)35)13-18-7-8-22(21(33)12-18)37-9-5-3-4-6-17-10-19(38-15-25(27,28)29)14-20(11-17)39-16-26(30,31)32/h3,5,7-8,10-12,14,23H,2,9,13,15-16H2,1H3,(H,34,35)/b5-3-/t23-/m0/s1. The van der Waals surface area contributed by atoms with Gasteiger partial charge in [0, 0.05) is 24.7 Å². The van der Waals surface area contributed by atoms with Crippen LogP contribution in [0.2, 0.25) is 0 Å². The normalized spacial score (nSPS) is 12.5. The summed E-state index contributed by atoms with van der Waals surface area (Å²) >= 11 is 2.05. The van der Waals surface area contributed by atoms with Gasteiger partial charge in [-0.1, -0.05) is 17.9 Å². The van der Waals surface area contributed by atoms with E-state index in [2.05, 4.69) is 21.3 Å². The zero-order valence-electron chi connectivity index (χ0n) is 20.4. The fourth-order valence-electron chi connectivity index (χ4n) is 2.93. The molecule has 1 N–H and O–H groups in total. The highest BCUT2D eigenvalue weighted by atomic mass is 127. The average molecular weight is 672 g/mol. The van der Waals surface area contributed by atoms with Crippen LogP contribution in [0.5, 0.6) is 17.2 Å². The number of allylic oxidation sites excluding steroid dienone is 1. The maximum Gasteiger partial charge on any atom is 0.422 e. The molecule has 0 aliphatic carbocycles. The molecule has 0 aliphatic heterocycles. The topological polar surface area (TPSA) is 74.2 Å². The molecule has 0 amide bonds. The number of aliphatic carboxylic acids is 1. The van der Waals surface area contributed by atoms with Crippen LogP contribution in [0.3, 0.4) is 0 Å². The predicted octanol–water partition coefficient (Wildman–Crippen LogP) is 6.19. The van der Waals surface area contributed by atoms with E-state index in [1.165, 1.54) is 6.08 Å². The summed E-state index contributed by atoms with van der Waals surface area (Å²) in [5, 5.41) is 9.22. The minimum atomic E-state index is -4.64. The fourth-order valence-corrected chi connectivity index (χ4v) is 3.67. The van der Waals surface area contributed by atoms with E-state index in [1.54, 1.807) is 31.2 Å². The quantitative estimate of drug-likeness (QED) is 0.165. The van der Waals surface area contributed by atoms with Gasteiger partial charge in [-0.05, 0) is 71.5 Å². The summed E-state index contributed by atoms with van der Waals surface area (Å²) in [6.45, 7) is -1.17. The largest absolute Gasteiger partial charge is 0.488 e. The van der Waals surface area contributed by atoms with Crippen molar-refractivity contribution in [2.75, 3.05) is 26.4 Å². The molecule has 212 valence electrons. The molecule has 0 aromatic heterocycles. The zero-order chi connectivity index (χ0) is 29.1. The van der Waals surface area contributed by atoms with Crippen molar-refractivity contribution in [3.8, 4) is 29.1 Å². The van der Waals surface area contributed by atoms with Gasteiger partial charge in [-0.3, -0.25) is 0 Å². The highest BCUT2D eigenvalue weighted by molar-refractivity contribution is 14.1. The number of carboxylic acids is 1. The van der Waals surface area contributed by atoms with Crippen LogP contribution < -0.4 is 14.2 Å². The highest BCUT2D eigenvalue weighted by Gasteiger charge is 2.30. The lowest BCUT2D eigenvalue weighted by Crippen LogP contribution is -2.26. The van der Waals surface area contributed by atoms with E-state index in [4.69, 9.17) is 9.47 Å². The smallest absolute Gasteiger partial charge is 0.422 e. The van der Waals surface area contributed by atoms with Crippen molar-refractivity contribution < 1.29 is 55.2 Å². The third-order valence-electron chi connectivity index (χ3n) is 4.50. The number of halogens is 7. The molecule has 0 bridgehead atoms. The van der Waals surface area contributed by atoms with Crippen molar-refractivity contribution in [1.29, 1.82) is 0 Å². The van der Waals surface area contributed by atoms with Crippen LogP contribution in [-0.2, 0) is 16.0 Å². The Kier molecular flexibility index (Phi) is 12.2. The maximum absolute atomic E-state index is 12.5. The Morgan fingerprint density at radius 3 is 2.13 bits per heavy atom. The minimum absolute atomic E-state index is 0.0780. The van der Waals surface area contributed by atoms with Crippen LogP contribution in [0.25, 0.3) is 0 Å². The van der Waals surface area contributed by atoms with E-state index >= 15 is 0 Å². The Balaban J connectivity index is 2.02. The second-order valence-electron chi connectivity index (χ2n) is 7.73. The Morgan fingerprint density at radius 2 is 1.62 bits per heavy atom. The van der Waals surface area contributed by atoms with Crippen molar-refractivity contribution in [2.24, 2.45) is 0 Å². The maximum atomic E-state index is 12.5. The van der Waals surface area contributed by atoms with Crippen LogP contribution in [-0.4, -0.2) is 56.0 Å². The van der Waals surface area contributed by atoms with Crippen molar-refractivity contribution in [3.05, 3.63) is 63.2 Å². The third-order valence-corrected chi connectivity index (χ3v) is 5.34. The van der Waals surface area contributed by atoms with Crippen LogP contribution in [0.15, 0.2) is 48.6 Å². The first-order chi connectivity index (χ1) is 18.3. The summed E-state index contributed by atoms with van der Waals surface area (Å²) in [6, 6.07) is 8.40. The molecule has 0 saturated carbocycles. The van der Waals surface area contributed by atoms with E-state index in [1.807, 2.05) is 22.6 Å². The van der Waals surface area contributed by atoms with Crippen LogP contribution >= 0.6 is 22.6 Å². The van der Waals surface area contributed by atoms with Gasteiger partial charge in [-0.15, -0.1) is 0 Å². The van der Waals surface area contributed by atoms with Gasteiger partial charge >= 0.3 is 18.3 Å². The van der Waals surface area contributed by atoms with Crippen molar-refractivity contribution in [1.82, 2.24) is 0 Å². The lowest BCUT2D eigenvalue weighted by Gasteiger charge is -2.13. The number of hydrogen-bond acceptors (Lipinski definition) is 5. The molecule has 39 heavy (non-hydrogen) atoms. The van der Waals surface area contributed by atoms with Gasteiger partial charge in [0.05, 0.1) is 3.57 Å². The Labute approximate surface area is 234 Å². The average Bonchev–Trinajstić information content (AvgIpc) is 2.83. The van der Waals surface area contributed by atoms with Gasteiger partial charge in [-0.2, -0.15) is 26.3 Å². The first kappa shape index (κ1) is 32.1. The molecule has 0 saturated heterocycles. The molecule has 0 unspecified atom stereocenters. The molecule has 1 atom stereocenters. The molecule has 2 rings (SSSR count). The minimum Gasteiger partial charge on any atom is -0.488 e. The molecule has 2 aromatic carbocycles. The monoisotopic (exact) mass is 672 g/mol. The van der Waals surface area contributed by atoms with E-state index in [9.17, 15) is 36.2 Å². The molecular formula is C26H23F6IO6. The third kappa shape index (κ3) is 13.0. The van der Waals surface area contributed by atoms with Crippen molar-refractivity contribution >= 4 is 28.6 Å². The van der Waals surface area contributed by atoms with E-state index in [0.717, 1.165) is 27.3 Å². The fraction of sp³-hybridized carbons (Fsp3) is 0.346. The van der Waals surface area contributed by atoms with Gasteiger partial charge in [0.15, 0.2) is 19.3 Å². The SMILES string of the molecule is CCO[C@@H](Cc1ccc(OC/C=C\C#Cc2cc(OCC(F)(F)F)cc(OCC(F)(F)F)c2)c(I)c1)C(=O)O. The number of benzene rings is 2. The number of ether oxygens (including phenoxy) is 4. The summed E-state index contributed by atoms with van der Waals surface area (Å²) < 4.78 is 95.6. The van der Waals surface area contributed by atoms with Crippen molar-refractivity contribution in [3.63, 3.8) is 0 Å². The second kappa shape index (κ2) is 14.9. The molecule has 2 aromatic rings. The summed E-state index contributed by atoms with van der Waals surface area (Å²) in [7, 11) is 0. The Morgan fingerprint density at radius 1 is 1.00 bits per heavy atom. The second-order valence-corrected chi connectivity index (χ2v) is 8.90. The molecular weight excluding hydrogens is 649 g/mol. The number of carbonyl (C=O) groups is 1. The molecule has 0 aliphatic rings. The van der Waals surface area contributed by atoms with Gasteiger partial charge in [0.2, 0.25) is 0 Å². The van der Waals surface area contributed by atoms with Crippen LogP contribution in [0, 0.1) is 15.4 Å². The lowest BCUT2D eigenvalue weighted by molar-refractivity contribution is -0.154. The number of rotatable bonds is 12. The van der Waals surface area contributed by atoms with E-state index in [-0.39, 0.29) is 36.7 Å². The number of hydrogen-bond donors (Lipinski definition) is 1.